The summed E-state index contributed by atoms with van der Waals surface area (Å²) in [5.74, 6) is 0. The maximum Gasteiger partial charge on any atom is 0.140 e. The molecule has 24 heavy (non-hydrogen) atoms. The Balaban J connectivity index is 0.00000264. The zero-order valence-corrected chi connectivity index (χ0v) is 17.3. The average molecular weight is 383 g/mol. The summed E-state index contributed by atoms with van der Waals surface area (Å²) in [5, 5.41) is 13.9. The van der Waals surface area contributed by atoms with Gasteiger partial charge >= 0.3 is 0 Å². The van der Waals surface area contributed by atoms with Gasteiger partial charge in [-0.1, -0.05) is 12.8 Å². The highest BCUT2D eigenvalue weighted by Gasteiger charge is 2.31. The Bertz CT molecular complexity index is 326. The molecule has 0 aromatic rings. The molecule has 0 unspecified atom stereocenters. The second kappa shape index (κ2) is 10.9. The van der Waals surface area contributed by atoms with E-state index >= 15 is 0 Å². The SMILES string of the molecule is CC(C)(/N=N/C(C)(C)N1CCCCCN1)N1CCCCCN1.Cl.Cl. The summed E-state index contributed by atoms with van der Waals surface area (Å²) < 4.78 is 0. The zero-order valence-electron chi connectivity index (χ0n) is 15.7. The van der Waals surface area contributed by atoms with E-state index < -0.39 is 0 Å². The van der Waals surface area contributed by atoms with E-state index in [1.54, 1.807) is 0 Å². The number of azo groups is 1. The van der Waals surface area contributed by atoms with Crippen molar-refractivity contribution in [1.82, 2.24) is 20.9 Å². The number of hydrogen-bond donors (Lipinski definition) is 2. The lowest BCUT2D eigenvalue weighted by molar-refractivity contribution is 0.0393. The minimum absolute atomic E-state index is 0. The first kappa shape index (κ1) is 24.0. The number of rotatable bonds is 4. The molecule has 0 aromatic carbocycles. The van der Waals surface area contributed by atoms with Gasteiger partial charge in [-0.2, -0.15) is 10.2 Å². The molecule has 0 radical (unpaired) electrons. The molecule has 2 heterocycles. The van der Waals surface area contributed by atoms with Gasteiger partial charge in [0.1, 0.15) is 11.3 Å². The van der Waals surface area contributed by atoms with Gasteiger partial charge in [0.15, 0.2) is 0 Å². The molecule has 2 rings (SSSR count). The van der Waals surface area contributed by atoms with E-state index in [4.69, 9.17) is 10.2 Å². The predicted molar refractivity (Wildman–Crippen MR) is 105 cm³/mol. The summed E-state index contributed by atoms with van der Waals surface area (Å²) in [6.07, 6.45) is 7.52. The Morgan fingerprint density at radius 2 is 1.00 bits per heavy atom. The van der Waals surface area contributed by atoms with Crippen molar-refractivity contribution in [3.8, 4) is 0 Å². The number of nitrogens with zero attached hydrogens (tertiary/aromatic N) is 4. The van der Waals surface area contributed by atoms with E-state index in [2.05, 4.69) is 48.6 Å². The molecule has 0 aromatic heterocycles. The number of hydrazine groups is 2. The molecule has 0 amide bonds. The minimum atomic E-state index is -0.312. The van der Waals surface area contributed by atoms with Crippen LogP contribution in [-0.4, -0.2) is 47.5 Å². The van der Waals surface area contributed by atoms with E-state index in [1.165, 1.54) is 38.5 Å². The van der Waals surface area contributed by atoms with Gasteiger partial charge in [0.2, 0.25) is 0 Å². The standard InChI is InChI=1S/C16H34N6.2ClH/c1-15(2,21-13-9-5-7-11-17-21)19-20-16(3,4)22-14-10-6-8-12-18-22;;/h17-18H,5-14H2,1-4H3;2*1H/b20-19+;;. The third-order valence-electron chi connectivity index (χ3n) is 4.58. The molecule has 0 saturated carbocycles. The summed E-state index contributed by atoms with van der Waals surface area (Å²) in [7, 11) is 0. The van der Waals surface area contributed by atoms with Crippen LogP contribution in [0, 0.1) is 0 Å². The van der Waals surface area contributed by atoms with Crippen molar-refractivity contribution in [2.45, 2.75) is 77.5 Å². The number of nitrogens with one attached hydrogen (secondary N) is 2. The third-order valence-corrected chi connectivity index (χ3v) is 4.58. The van der Waals surface area contributed by atoms with Crippen LogP contribution in [0.3, 0.4) is 0 Å². The van der Waals surface area contributed by atoms with Crippen molar-refractivity contribution in [2.24, 2.45) is 10.2 Å². The van der Waals surface area contributed by atoms with Crippen LogP contribution in [0.1, 0.15) is 66.2 Å². The number of hydrogen-bond acceptors (Lipinski definition) is 6. The second-order valence-electron chi connectivity index (χ2n) is 7.43. The highest BCUT2D eigenvalue weighted by atomic mass is 35.5. The van der Waals surface area contributed by atoms with Gasteiger partial charge in [0, 0.05) is 26.2 Å². The predicted octanol–water partition coefficient (Wildman–Crippen LogP) is 3.74. The van der Waals surface area contributed by atoms with Crippen LogP contribution < -0.4 is 10.9 Å². The molecule has 0 atom stereocenters. The Kier molecular flexibility index (Phi) is 10.9. The van der Waals surface area contributed by atoms with E-state index in [0.717, 1.165) is 26.2 Å². The van der Waals surface area contributed by atoms with Crippen molar-refractivity contribution >= 4 is 24.8 Å². The average Bonchev–Trinajstić information content (AvgIpc) is 2.90. The monoisotopic (exact) mass is 382 g/mol. The Labute approximate surface area is 160 Å². The molecule has 0 aliphatic carbocycles. The fourth-order valence-electron chi connectivity index (χ4n) is 3.02. The largest absolute Gasteiger partial charge is 0.253 e. The van der Waals surface area contributed by atoms with Crippen LogP contribution in [0.15, 0.2) is 10.2 Å². The summed E-state index contributed by atoms with van der Waals surface area (Å²) in [6.45, 7) is 12.7. The molecule has 0 bridgehead atoms. The number of halogens is 2. The first-order valence-corrected chi connectivity index (χ1v) is 8.88. The zero-order chi connectivity index (χ0) is 16.1. The molecule has 0 spiro atoms. The summed E-state index contributed by atoms with van der Waals surface area (Å²) in [6, 6.07) is 0. The van der Waals surface area contributed by atoms with Crippen LogP contribution >= 0.6 is 24.8 Å². The normalized spacial score (nSPS) is 22.3. The summed E-state index contributed by atoms with van der Waals surface area (Å²) in [5.41, 5.74) is 6.37. The van der Waals surface area contributed by atoms with Gasteiger partial charge in [-0.15, -0.1) is 24.8 Å². The van der Waals surface area contributed by atoms with Crippen molar-refractivity contribution in [3.63, 3.8) is 0 Å². The highest BCUT2D eigenvalue weighted by Crippen LogP contribution is 2.23. The topological polar surface area (TPSA) is 55.3 Å². The molecule has 2 aliphatic heterocycles. The van der Waals surface area contributed by atoms with Crippen molar-refractivity contribution < 1.29 is 0 Å². The summed E-state index contributed by atoms with van der Waals surface area (Å²) in [4.78, 5) is 0. The molecule has 2 aliphatic rings. The maximum absolute atomic E-state index is 4.71. The van der Waals surface area contributed by atoms with Gasteiger partial charge in [-0.25, -0.2) is 10.0 Å². The third kappa shape index (κ3) is 7.10. The molecular weight excluding hydrogens is 347 g/mol. The van der Waals surface area contributed by atoms with E-state index in [1.807, 2.05) is 0 Å². The van der Waals surface area contributed by atoms with E-state index in [0.29, 0.717) is 0 Å². The van der Waals surface area contributed by atoms with Gasteiger partial charge in [0.05, 0.1) is 0 Å². The van der Waals surface area contributed by atoms with Crippen LogP contribution in [-0.2, 0) is 0 Å². The fourth-order valence-corrected chi connectivity index (χ4v) is 3.02. The Morgan fingerprint density at radius 1 is 0.625 bits per heavy atom. The van der Waals surface area contributed by atoms with Crippen molar-refractivity contribution in [2.75, 3.05) is 26.2 Å². The lowest BCUT2D eigenvalue weighted by Crippen LogP contribution is -2.53. The molecule has 8 heteroatoms. The molecule has 6 nitrogen and oxygen atoms in total. The minimum Gasteiger partial charge on any atom is -0.253 e. The van der Waals surface area contributed by atoms with Crippen molar-refractivity contribution in [3.05, 3.63) is 0 Å². The molecular formula is C16H36Cl2N6. The Morgan fingerprint density at radius 3 is 1.38 bits per heavy atom. The molecule has 2 N–H and O–H groups in total. The molecule has 2 fully saturated rings. The van der Waals surface area contributed by atoms with E-state index in [9.17, 15) is 0 Å². The van der Waals surface area contributed by atoms with Gasteiger partial charge < -0.3 is 0 Å². The quantitative estimate of drug-likeness (QED) is 0.727. The first-order chi connectivity index (χ1) is 10.4. The fraction of sp³-hybridized carbons (Fsp3) is 1.00. The lowest BCUT2D eigenvalue weighted by atomic mass is 10.2. The van der Waals surface area contributed by atoms with Crippen molar-refractivity contribution in [1.29, 1.82) is 0 Å². The molecule has 2 saturated heterocycles. The summed E-state index contributed by atoms with van der Waals surface area (Å²) >= 11 is 0. The van der Waals surface area contributed by atoms with Crippen LogP contribution in [0.5, 0.6) is 0 Å². The van der Waals surface area contributed by atoms with Crippen LogP contribution in [0.25, 0.3) is 0 Å². The smallest absolute Gasteiger partial charge is 0.140 e. The van der Waals surface area contributed by atoms with Crippen LogP contribution in [0.2, 0.25) is 0 Å². The second-order valence-corrected chi connectivity index (χ2v) is 7.43. The first-order valence-electron chi connectivity index (χ1n) is 8.88. The van der Waals surface area contributed by atoms with Crippen LogP contribution in [0.4, 0.5) is 0 Å². The van der Waals surface area contributed by atoms with E-state index in [-0.39, 0.29) is 36.1 Å². The van der Waals surface area contributed by atoms with Gasteiger partial charge in [0.25, 0.3) is 0 Å². The maximum atomic E-state index is 4.71. The Hall–Kier alpha value is 0.0200. The molecule has 144 valence electrons. The van der Waals surface area contributed by atoms with Gasteiger partial charge in [-0.3, -0.25) is 10.9 Å². The highest BCUT2D eigenvalue weighted by molar-refractivity contribution is 5.85. The lowest BCUT2D eigenvalue weighted by Gasteiger charge is -2.37. The van der Waals surface area contributed by atoms with Gasteiger partial charge in [-0.05, 0) is 53.4 Å².